The number of ether oxygens (including phenoxy) is 6. The van der Waals surface area contributed by atoms with Gasteiger partial charge in [0.25, 0.3) is 0 Å². The van der Waals surface area contributed by atoms with Crippen LogP contribution in [0.2, 0.25) is 0 Å². The highest BCUT2D eigenvalue weighted by molar-refractivity contribution is 14.1. The third kappa shape index (κ3) is 13.6. The summed E-state index contributed by atoms with van der Waals surface area (Å²) in [7, 11) is 0.930. The number of pyridine rings is 2. The number of amides is 2. The van der Waals surface area contributed by atoms with Crippen LogP contribution in [0.25, 0.3) is 11.1 Å². The molecule has 4 aliphatic heterocycles. The first-order valence-corrected chi connectivity index (χ1v) is 23.8. The lowest BCUT2D eigenvalue weighted by Gasteiger charge is -2.43. The number of fused-ring (bicyclic) bond motifs is 2. The first-order chi connectivity index (χ1) is 32.9. The summed E-state index contributed by atoms with van der Waals surface area (Å²) in [6.07, 6.45) is 8.70. The maximum Gasteiger partial charge on any atom is 0.490 e. The van der Waals surface area contributed by atoms with Crippen molar-refractivity contribution in [2.24, 2.45) is 0 Å². The number of methoxy groups -OCH3 is 2. The molecule has 18 nitrogen and oxygen atoms in total. The van der Waals surface area contributed by atoms with E-state index in [0.717, 1.165) is 20.3 Å². The second kappa shape index (κ2) is 21.9. The predicted octanol–water partition coefficient (Wildman–Crippen LogP) is 6.34. The maximum absolute atomic E-state index is 12.9. The van der Waals surface area contributed by atoms with Crippen LogP contribution in [0.15, 0.2) is 73.3 Å². The summed E-state index contributed by atoms with van der Waals surface area (Å²) < 4.78 is 32.8. The van der Waals surface area contributed by atoms with Crippen molar-refractivity contribution in [3.05, 3.63) is 110 Å². The van der Waals surface area contributed by atoms with Crippen molar-refractivity contribution in [3.63, 3.8) is 0 Å². The molecular weight excluding hydrogens is 1020 g/mol. The van der Waals surface area contributed by atoms with Gasteiger partial charge in [0, 0.05) is 104 Å². The molecule has 2 fully saturated rings. The van der Waals surface area contributed by atoms with Gasteiger partial charge in [-0.3, -0.25) is 9.97 Å². The number of esters is 4. The van der Waals surface area contributed by atoms with E-state index in [4.69, 9.17) is 33.7 Å². The van der Waals surface area contributed by atoms with Gasteiger partial charge in [-0.2, -0.15) is 0 Å². The van der Waals surface area contributed by atoms with E-state index >= 15 is 0 Å². The van der Waals surface area contributed by atoms with Crippen molar-refractivity contribution in [1.82, 2.24) is 19.8 Å². The number of carbonyl (C=O) groups is 6. The lowest BCUT2D eigenvalue weighted by molar-refractivity contribution is -0.0601. The van der Waals surface area contributed by atoms with Crippen molar-refractivity contribution in [1.29, 1.82) is 0 Å². The number of hydrogen-bond acceptors (Lipinski definition) is 16. The lowest BCUT2D eigenvalue weighted by Crippen LogP contribution is -2.52. The number of rotatable bonds is 4. The van der Waals surface area contributed by atoms with Gasteiger partial charge in [0.05, 0.1) is 36.5 Å². The first-order valence-electron chi connectivity index (χ1n) is 22.7. The van der Waals surface area contributed by atoms with Gasteiger partial charge in [0.2, 0.25) is 0 Å². The highest BCUT2D eigenvalue weighted by Gasteiger charge is 2.45. The molecule has 6 heterocycles. The maximum atomic E-state index is 12.9. The molecule has 4 aromatic rings. The Morgan fingerprint density at radius 1 is 0.629 bits per heavy atom. The molecule has 20 heteroatoms. The summed E-state index contributed by atoms with van der Waals surface area (Å²) in [4.78, 5) is 83.8. The van der Waals surface area contributed by atoms with E-state index in [1.165, 1.54) is 38.9 Å². The van der Waals surface area contributed by atoms with Crippen molar-refractivity contribution >= 4 is 71.2 Å². The smallest absolute Gasteiger partial charge is 0.465 e. The number of aromatic nitrogens is 2. The fourth-order valence-corrected chi connectivity index (χ4v) is 8.81. The van der Waals surface area contributed by atoms with Crippen molar-refractivity contribution in [2.45, 2.75) is 102 Å². The highest BCUT2D eigenvalue weighted by Crippen LogP contribution is 2.39. The number of nitrogens with zero attached hydrogens (tertiary/aromatic N) is 4. The second-order valence-electron chi connectivity index (χ2n) is 19.4. The number of likely N-dealkylation sites (tertiary alicyclic amines) is 2. The molecule has 2 N–H and O–H groups in total. The minimum atomic E-state index is -1.63. The summed E-state index contributed by atoms with van der Waals surface area (Å²) in [5, 5.41) is 17.5. The Kier molecular flexibility index (Phi) is 16.6. The number of piperidine rings is 2. The third-order valence-corrected chi connectivity index (χ3v) is 12.6. The average Bonchev–Trinajstić information content (AvgIpc) is 3.31. The van der Waals surface area contributed by atoms with Gasteiger partial charge in [-0.05, 0) is 111 Å². The SMILES string of the molecule is CC(C)(C)OC(=O)N1CCC2(CC1)Cc1ccc(I)cc1C(=O)O2.COC(=O)c1cncc(-c2ccc3c(c2)C(=O)OC2(CCN(C(=O)OC(C)(C)C)CC2)C3)c1.COC(=O)c1cncc(B(O)O)c1. The Hall–Kier alpha value is -6.13. The van der Waals surface area contributed by atoms with Crippen LogP contribution in [0.4, 0.5) is 9.59 Å². The molecule has 0 bridgehead atoms. The summed E-state index contributed by atoms with van der Waals surface area (Å²) in [6, 6.07) is 14.5. The van der Waals surface area contributed by atoms with Crippen LogP contribution in [-0.4, -0.2) is 136 Å². The minimum absolute atomic E-state index is 0.155. The lowest BCUT2D eigenvalue weighted by atomic mass is 9.81. The molecule has 4 aliphatic rings. The van der Waals surface area contributed by atoms with Crippen LogP contribution >= 0.6 is 22.6 Å². The third-order valence-electron chi connectivity index (χ3n) is 11.9. The highest BCUT2D eigenvalue weighted by atomic mass is 127. The van der Waals surface area contributed by atoms with E-state index in [2.05, 4.69) is 37.3 Å². The van der Waals surface area contributed by atoms with Crippen molar-refractivity contribution in [2.75, 3.05) is 40.4 Å². The van der Waals surface area contributed by atoms with Crippen molar-refractivity contribution in [3.8, 4) is 11.1 Å². The molecule has 2 aromatic heterocycles. The van der Waals surface area contributed by atoms with Crippen LogP contribution < -0.4 is 5.46 Å². The van der Waals surface area contributed by atoms with Gasteiger partial charge < -0.3 is 48.3 Å². The standard InChI is InChI=1S/C25H28N2O6.C18H22INO4.C7H8BNO4/c1-24(2,3)33-23(30)27-9-7-25(8-10-27)13-17-6-5-16(12-20(17)22(29)32-25)18-11-19(15-26-14-18)21(28)31-4;1-17(2,3)24-16(22)20-8-6-18(7-9-20)11-12-4-5-13(19)10-14(12)15(21)23-18;1-13-7(10)5-2-6(8(11)12)4-9-3-5/h5-6,11-12,14-15H,7-10,13H2,1-4H3;4-5,10H,6-9,11H2,1-3H3;2-4,11-12H,1H3. The molecule has 0 atom stereocenters. The quantitative estimate of drug-likeness (QED) is 0.0983. The molecule has 0 radical (unpaired) electrons. The van der Waals surface area contributed by atoms with Gasteiger partial charge in [0.1, 0.15) is 22.4 Å². The molecule has 2 aromatic carbocycles. The Morgan fingerprint density at radius 2 is 1.07 bits per heavy atom. The summed E-state index contributed by atoms with van der Waals surface area (Å²) >= 11 is 2.20. The number of hydrogen-bond donors (Lipinski definition) is 2. The molecule has 70 heavy (non-hydrogen) atoms. The largest absolute Gasteiger partial charge is 0.490 e. The topological polar surface area (TPSA) is 231 Å². The Morgan fingerprint density at radius 3 is 1.53 bits per heavy atom. The van der Waals surface area contributed by atoms with E-state index in [9.17, 15) is 28.8 Å². The molecular formula is C50H58BIN4O14. The van der Waals surface area contributed by atoms with E-state index < -0.39 is 41.5 Å². The van der Waals surface area contributed by atoms with Gasteiger partial charge in [-0.1, -0.05) is 18.2 Å². The molecule has 372 valence electrons. The molecule has 2 spiro atoms. The molecule has 0 aliphatic carbocycles. The zero-order chi connectivity index (χ0) is 51.2. The Balaban J connectivity index is 0.000000189. The second-order valence-corrected chi connectivity index (χ2v) is 20.7. The molecule has 2 amide bonds. The van der Waals surface area contributed by atoms with Gasteiger partial charge in [-0.15, -0.1) is 0 Å². The van der Waals surface area contributed by atoms with E-state index in [-0.39, 0.29) is 35.2 Å². The van der Waals surface area contributed by atoms with E-state index in [1.54, 1.807) is 28.1 Å². The number of benzene rings is 2. The molecule has 0 unspecified atom stereocenters. The molecule has 8 rings (SSSR count). The van der Waals surface area contributed by atoms with E-state index in [1.807, 2.05) is 71.9 Å². The fourth-order valence-electron chi connectivity index (χ4n) is 8.32. The fraction of sp³-hybridized carbons (Fsp3) is 0.440. The summed E-state index contributed by atoms with van der Waals surface area (Å²) in [6.45, 7) is 13.1. The van der Waals surface area contributed by atoms with Crippen LogP contribution in [0, 0.1) is 3.57 Å². The van der Waals surface area contributed by atoms with Crippen molar-refractivity contribution < 1.29 is 67.2 Å². The number of halogens is 1. The molecule has 2 saturated heterocycles. The van der Waals surface area contributed by atoms with Crippen LogP contribution in [0.1, 0.15) is 120 Å². The van der Waals surface area contributed by atoms with E-state index in [0.29, 0.717) is 87.0 Å². The summed E-state index contributed by atoms with van der Waals surface area (Å²) in [5.41, 5.74) is 3.13. The monoisotopic (exact) mass is 1080 g/mol. The van der Waals surface area contributed by atoms with Crippen LogP contribution in [0.3, 0.4) is 0 Å². The summed E-state index contributed by atoms with van der Waals surface area (Å²) in [5.74, 6) is -1.65. The zero-order valence-corrected chi connectivity index (χ0v) is 42.7. The first kappa shape index (κ1) is 53.2. The molecule has 0 saturated carbocycles. The Bertz CT molecular complexity index is 2610. The van der Waals surface area contributed by atoms with Gasteiger partial charge >= 0.3 is 43.2 Å². The Labute approximate surface area is 420 Å². The van der Waals surface area contributed by atoms with Gasteiger partial charge in [-0.25, -0.2) is 28.8 Å². The minimum Gasteiger partial charge on any atom is -0.465 e. The average molecular weight is 1080 g/mol. The normalized spacial score (nSPS) is 16.6. The zero-order valence-electron chi connectivity index (χ0n) is 40.5. The van der Waals surface area contributed by atoms with Crippen LogP contribution in [-0.2, 0) is 41.3 Å². The predicted molar refractivity (Wildman–Crippen MR) is 263 cm³/mol. The van der Waals surface area contributed by atoms with Crippen LogP contribution in [0.5, 0.6) is 0 Å². The van der Waals surface area contributed by atoms with Gasteiger partial charge in [0.15, 0.2) is 0 Å². The number of carbonyl (C=O) groups excluding carboxylic acids is 6.